The molecule has 1 aromatic rings. The van der Waals surface area contributed by atoms with E-state index in [1.165, 1.54) is 0 Å². The Morgan fingerprint density at radius 1 is 1.36 bits per heavy atom. The van der Waals surface area contributed by atoms with Crippen LogP contribution < -0.4 is 9.47 Å². The molecule has 1 aromatic carbocycles. The third-order valence-electron chi connectivity index (χ3n) is 5.24. The van der Waals surface area contributed by atoms with Gasteiger partial charge in [0.2, 0.25) is 0 Å². The first-order chi connectivity index (χ1) is 12.2. The third-order valence-corrected chi connectivity index (χ3v) is 5.24. The van der Waals surface area contributed by atoms with Gasteiger partial charge in [-0.15, -0.1) is 0 Å². The van der Waals surface area contributed by atoms with E-state index in [2.05, 4.69) is 11.0 Å². The maximum absolute atomic E-state index is 10.2. The predicted molar refractivity (Wildman–Crippen MR) is 92.7 cm³/mol. The standard InChI is InChI=1S/C19H26N2O4/c1-23-19-11-14(12-20)5-6-18(19)25-10-8-21-7-9-24-13-16(21)15-3-2-4-17(15)22/h5-6,11,15-17,22H,2-4,7-10,13H2,1H3/t15-,16-,17+/m1/s1. The van der Waals surface area contributed by atoms with Crippen LogP contribution in [-0.2, 0) is 4.74 Å². The summed E-state index contributed by atoms with van der Waals surface area (Å²) in [7, 11) is 1.57. The first-order valence-electron chi connectivity index (χ1n) is 8.93. The quantitative estimate of drug-likeness (QED) is 0.847. The van der Waals surface area contributed by atoms with Crippen LogP contribution in [0.5, 0.6) is 11.5 Å². The van der Waals surface area contributed by atoms with Gasteiger partial charge in [-0.2, -0.15) is 5.26 Å². The molecule has 1 heterocycles. The van der Waals surface area contributed by atoms with Crippen LogP contribution in [0.3, 0.4) is 0 Å². The van der Waals surface area contributed by atoms with Gasteiger partial charge >= 0.3 is 0 Å². The molecule has 1 aliphatic heterocycles. The summed E-state index contributed by atoms with van der Waals surface area (Å²) in [6.45, 7) is 3.57. The minimum Gasteiger partial charge on any atom is -0.493 e. The van der Waals surface area contributed by atoms with Crippen LogP contribution in [0.15, 0.2) is 18.2 Å². The first-order valence-corrected chi connectivity index (χ1v) is 8.93. The maximum atomic E-state index is 10.2. The minimum atomic E-state index is -0.214. The number of hydrogen-bond acceptors (Lipinski definition) is 6. The van der Waals surface area contributed by atoms with Crippen molar-refractivity contribution in [3.8, 4) is 17.6 Å². The van der Waals surface area contributed by atoms with Crippen molar-refractivity contribution in [2.75, 3.05) is 40.0 Å². The number of aliphatic hydroxyl groups is 1. The SMILES string of the molecule is COc1cc(C#N)ccc1OCCN1CCOC[C@@H]1[C@H]1CCC[C@@H]1O. The second-order valence-corrected chi connectivity index (χ2v) is 6.67. The van der Waals surface area contributed by atoms with Crippen LogP contribution in [0.1, 0.15) is 24.8 Å². The Morgan fingerprint density at radius 3 is 2.96 bits per heavy atom. The zero-order chi connectivity index (χ0) is 17.6. The largest absolute Gasteiger partial charge is 0.493 e. The van der Waals surface area contributed by atoms with Gasteiger partial charge < -0.3 is 19.3 Å². The summed E-state index contributed by atoms with van der Waals surface area (Å²) in [4.78, 5) is 2.37. The molecule has 1 N–H and O–H groups in total. The summed E-state index contributed by atoms with van der Waals surface area (Å²) in [6.07, 6.45) is 2.84. The van der Waals surface area contributed by atoms with E-state index in [9.17, 15) is 5.11 Å². The molecule has 3 atom stereocenters. The van der Waals surface area contributed by atoms with Gasteiger partial charge in [-0.05, 0) is 25.0 Å². The highest BCUT2D eigenvalue weighted by Crippen LogP contribution is 2.32. The number of ether oxygens (including phenoxy) is 3. The van der Waals surface area contributed by atoms with Gasteiger partial charge in [-0.25, -0.2) is 0 Å². The topological polar surface area (TPSA) is 75.0 Å². The van der Waals surface area contributed by atoms with Gasteiger partial charge in [0.15, 0.2) is 11.5 Å². The van der Waals surface area contributed by atoms with E-state index in [4.69, 9.17) is 19.5 Å². The minimum absolute atomic E-state index is 0.214. The van der Waals surface area contributed by atoms with E-state index in [0.717, 1.165) is 39.0 Å². The van der Waals surface area contributed by atoms with Gasteiger partial charge in [0.05, 0.1) is 38.1 Å². The Balaban J connectivity index is 1.58. The molecule has 0 bridgehead atoms. The molecule has 25 heavy (non-hydrogen) atoms. The molecule has 1 saturated heterocycles. The smallest absolute Gasteiger partial charge is 0.162 e. The lowest BCUT2D eigenvalue weighted by molar-refractivity contribution is -0.0532. The summed E-state index contributed by atoms with van der Waals surface area (Å²) < 4.78 is 16.8. The molecule has 2 aliphatic rings. The Hall–Kier alpha value is -1.81. The zero-order valence-corrected chi connectivity index (χ0v) is 14.7. The average molecular weight is 346 g/mol. The molecule has 136 valence electrons. The molecule has 0 aromatic heterocycles. The molecule has 6 nitrogen and oxygen atoms in total. The van der Waals surface area contributed by atoms with Crippen molar-refractivity contribution < 1.29 is 19.3 Å². The van der Waals surface area contributed by atoms with Crippen molar-refractivity contribution in [2.24, 2.45) is 5.92 Å². The van der Waals surface area contributed by atoms with E-state index in [1.807, 2.05) is 0 Å². The molecule has 6 heteroatoms. The van der Waals surface area contributed by atoms with Gasteiger partial charge in [0.25, 0.3) is 0 Å². The number of benzene rings is 1. The average Bonchev–Trinajstić information content (AvgIpc) is 3.08. The van der Waals surface area contributed by atoms with Crippen molar-refractivity contribution in [2.45, 2.75) is 31.4 Å². The van der Waals surface area contributed by atoms with Gasteiger partial charge in [0.1, 0.15) is 6.61 Å². The molecular weight excluding hydrogens is 320 g/mol. The van der Waals surface area contributed by atoms with Crippen molar-refractivity contribution in [1.29, 1.82) is 5.26 Å². The van der Waals surface area contributed by atoms with E-state index < -0.39 is 0 Å². The second kappa shape index (κ2) is 8.52. The maximum Gasteiger partial charge on any atom is 0.162 e. The van der Waals surface area contributed by atoms with Crippen molar-refractivity contribution in [3.05, 3.63) is 23.8 Å². The molecule has 0 amide bonds. The number of hydrogen-bond donors (Lipinski definition) is 1. The monoisotopic (exact) mass is 346 g/mol. The van der Waals surface area contributed by atoms with Gasteiger partial charge in [-0.1, -0.05) is 6.42 Å². The predicted octanol–water partition coefficient (Wildman–Crippen LogP) is 1.81. The van der Waals surface area contributed by atoms with Crippen LogP contribution in [0, 0.1) is 17.2 Å². The molecule has 3 rings (SSSR count). The van der Waals surface area contributed by atoms with Gasteiger partial charge in [0, 0.05) is 31.1 Å². The van der Waals surface area contributed by atoms with E-state index >= 15 is 0 Å². The number of morpholine rings is 1. The lowest BCUT2D eigenvalue weighted by Gasteiger charge is -2.40. The Kier molecular flexibility index (Phi) is 6.14. The molecule has 0 spiro atoms. The number of nitriles is 1. The number of rotatable bonds is 6. The highest BCUT2D eigenvalue weighted by atomic mass is 16.5. The summed E-state index contributed by atoms with van der Waals surface area (Å²) in [5, 5.41) is 19.2. The van der Waals surface area contributed by atoms with Crippen molar-refractivity contribution in [1.82, 2.24) is 4.90 Å². The molecule has 0 unspecified atom stereocenters. The highest BCUT2D eigenvalue weighted by Gasteiger charge is 2.37. The van der Waals surface area contributed by atoms with Crippen LogP contribution >= 0.6 is 0 Å². The lowest BCUT2D eigenvalue weighted by atomic mass is 9.94. The van der Waals surface area contributed by atoms with Crippen molar-refractivity contribution >= 4 is 0 Å². The fraction of sp³-hybridized carbons (Fsp3) is 0.632. The third kappa shape index (κ3) is 4.24. The molecule has 2 fully saturated rings. The van der Waals surface area contributed by atoms with E-state index in [-0.39, 0.29) is 12.1 Å². The molecule has 0 radical (unpaired) electrons. The van der Waals surface area contributed by atoms with Gasteiger partial charge in [-0.3, -0.25) is 4.90 Å². The van der Waals surface area contributed by atoms with Crippen LogP contribution in [-0.4, -0.2) is 62.2 Å². The lowest BCUT2D eigenvalue weighted by Crippen LogP contribution is -2.52. The highest BCUT2D eigenvalue weighted by molar-refractivity contribution is 5.46. The fourth-order valence-corrected chi connectivity index (χ4v) is 3.88. The fourth-order valence-electron chi connectivity index (χ4n) is 3.88. The summed E-state index contributed by atoms with van der Waals surface area (Å²) in [5.74, 6) is 1.51. The Labute approximate surface area is 148 Å². The summed E-state index contributed by atoms with van der Waals surface area (Å²) in [6, 6.07) is 7.54. The molecule has 1 aliphatic carbocycles. The summed E-state index contributed by atoms with van der Waals surface area (Å²) in [5.41, 5.74) is 0.549. The zero-order valence-electron chi connectivity index (χ0n) is 14.7. The molecule has 1 saturated carbocycles. The Morgan fingerprint density at radius 2 is 2.24 bits per heavy atom. The van der Waals surface area contributed by atoms with E-state index in [1.54, 1.807) is 25.3 Å². The molecular formula is C19H26N2O4. The number of aliphatic hydroxyl groups excluding tert-OH is 1. The van der Waals surface area contributed by atoms with Crippen LogP contribution in [0.25, 0.3) is 0 Å². The second-order valence-electron chi connectivity index (χ2n) is 6.67. The Bertz CT molecular complexity index is 616. The van der Waals surface area contributed by atoms with E-state index in [0.29, 0.717) is 36.2 Å². The van der Waals surface area contributed by atoms with Crippen LogP contribution in [0.2, 0.25) is 0 Å². The number of nitrogens with zero attached hydrogens (tertiary/aromatic N) is 2. The first kappa shape index (κ1) is 18.0. The van der Waals surface area contributed by atoms with Crippen LogP contribution in [0.4, 0.5) is 0 Å². The van der Waals surface area contributed by atoms with Crippen molar-refractivity contribution in [3.63, 3.8) is 0 Å². The summed E-state index contributed by atoms with van der Waals surface area (Å²) >= 11 is 0. The number of methoxy groups -OCH3 is 1. The normalized spacial score (nSPS) is 27.0.